The summed E-state index contributed by atoms with van der Waals surface area (Å²) in [4.78, 5) is 0. The second-order valence-electron chi connectivity index (χ2n) is 12.9. The molecule has 0 unspecified atom stereocenters. The zero-order valence-electron chi connectivity index (χ0n) is 17.5. The number of hydrogen-bond donors (Lipinski definition) is 0. The fraction of sp³-hybridized carbons (Fsp3) is 1.00. The van der Waals surface area contributed by atoms with E-state index in [1.54, 1.807) is 109 Å². The normalized spacial score (nSPS) is 56.3. The van der Waals surface area contributed by atoms with Gasteiger partial charge in [-0.15, -0.1) is 0 Å². The van der Waals surface area contributed by atoms with Gasteiger partial charge in [-0.1, -0.05) is 0 Å². The van der Waals surface area contributed by atoms with Gasteiger partial charge in [0.2, 0.25) is 0 Å². The van der Waals surface area contributed by atoms with Crippen LogP contribution in [-0.4, -0.2) is 21.8 Å². The molecule has 0 aromatic carbocycles. The molecule has 0 radical (unpaired) electrons. The third kappa shape index (κ3) is 2.67. The first-order chi connectivity index (χ1) is 13.2. The zero-order valence-corrected chi connectivity index (χ0v) is 21.0. The standard InChI is InChI=1S/2C10H15.C6H11.Bi/c2*1-7-2-9-4-8(1)5-10(3-7)6-9;1-2-4-6-5-3-1;/h2*7-9H,1-6H2;1H,2-6H2;. The van der Waals surface area contributed by atoms with Crippen LogP contribution in [0.2, 0.25) is 9.87 Å². The van der Waals surface area contributed by atoms with Crippen LogP contribution in [0.15, 0.2) is 0 Å². The van der Waals surface area contributed by atoms with Crippen LogP contribution in [-0.2, 0) is 0 Å². The molecule has 9 aliphatic carbocycles. The van der Waals surface area contributed by atoms with Gasteiger partial charge in [0.25, 0.3) is 0 Å². The fourth-order valence-corrected chi connectivity index (χ4v) is 35.3. The van der Waals surface area contributed by atoms with E-state index < -0.39 is 21.8 Å². The second-order valence-corrected chi connectivity index (χ2v) is 26.0. The summed E-state index contributed by atoms with van der Waals surface area (Å²) in [5.74, 6) is 7.20. The van der Waals surface area contributed by atoms with Crippen molar-refractivity contribution in [2.24, 2.45) is 35.5 Å². The van der Waals surface area contributed by atoms with E-state index in [0.717, 1.165) is 6.25 Å². The van der Waals surface area contributed by atoms with Gasteiger partial charge >= 0.3 is 176 Å². The van der Waals surface area contributed by atoms with E-state index >= 15 is 0 Å². The molecule has 8 bridgehead atoms. The molecule has 1 heteroatoms. The van der Waals surface area contributed by atoms with Gasteiger partial charge in [0.05, 0.1) is 0 Å². The Bertz CT molecular complexity index is 485. The van der Waals surface area contributed by atoms with Crippen molar-refractivity contribution < 1.29 is 0 Å². The molecule has 0 N–H and O–H groups in total. The van der Waals surface area contributed by atoms with E-state index in [0.29, 0.717) is 0 Å². The molecule has 0 spiro atoms. The van der Waals surface area contributed by atoms with Crippen LogP contribution in [0.4, 0.5) is 0 Å². The van der Waals surface area contributed by atoms with E-state index in [4.69, 9.17) is 0 Å². The third-order valence-corrected chi connectivity index (χ3v) is 28.0. The molecular formula is C26H41Bi. The average Bonchev–Trinajstić information content (AvgIpc) is 2.60. The predicted molar refractivity (Wildman–Crippen MR) is 114 cm³/mol. The van der Waals surface area contributed by atoms with Crippen molar-refractivity contribution in [3.63, 3.8) is 0 Å². The SMILES string of the molecule is C1CC[CH]([Bi]([C]23CC4CC(CC(C4)C2)C3)[C]23CC4CC(CC(C4)C2)C3)CC1. The van der Waals surface area contributed by atoms with Gasteiger partial charge < -0.3 is 0 Å². The van der Waals surface area contributed by atoms with Crippen LogP contribution in [0.5, 0.6) is 0 Å². The summed E-state index contributed by atoms with van der Waals surface area (Å²) in [6.07, 6.45) is 28.9. The molecule has 0 atom stereocenters. The maximum absolute atomic E-state index is 1.77. The van der Waals surface area contributed by atoms with Gasteiger partial charge in [-0.05, 0) is 0 Å². The van der Waals surface area contributed by atoms with E-state index in [-0.39, 0.29) is 0 Å². The molecule has 0 nitrogen and oxygen atoms in total. The molecule has 27 heavy (non-hydrogen) atoms. The monoisotopic (exact) mass is 562 g/mol. The van der Waals surface area contributed by atoms with Crippen molar-refractivity contribution >= 4 is 21.8 Å². The zero-order chi connectivity index (χ0) is 17.6. The summed E-state index contributed by atoms with van der Waals surface area (Å²) in [5.41, 5.74) is 0. The van der Waals surface area contributed by atoms with Crippen molar-refractivity contribution in [3.8, 4) is 0 Å². The molecular weight excluding hydrogens is 521 g/mol. The van der Waals surface area contributed by atoms with E-state index in [9.17, 15) is 0 Å². The Labute approximate surface area is 175 Å². The summed E-state index contributed by atoms with van der Waals surface area (Å²) >= 11 is -1.63. The Hall–Kier alpha value is 0.883. The van der Waals surface area contributed by atoms with Crippen molar-refractivity contribution in [1.29, 1.82) is 0 Å². The van der Waals surface area contributed by atoms with Crippen LogP contribution in [0, 0.1) is 35.5 Å². The Morgan fingerprint density at radius 2 is 0.778 bits per heavy atom. The van der Waals surface area contributed by atoms with Crippen LogP contribution in [0.3, 0.4) is 0 Å². The van der Waals surface area contributed by atoms with Crippen LogP contribution in [0.25, 0.3) is 0 Å². The molecule has 0 aliphatic heterocycles. The minimum atomic E-state index is -1.63. The summed E-state index contributed by atoms with van der Waals surface area (Å²) in [6.45, 7) is 0. The first-order valence-electron chi connectivity index (χ1n) is 13.0. The Morgan fingerprint density at radius 1 is 0.444 bits per heavy atom. The first-order valence-corrected chi connectivity index (χ1v) is 18.5. The molecule has 0 saturated heterocycles. The quantitative estimate of drug-likeness (QED) is 0.309. The molecule has 9 rings (SSSR count). The number of rotatable bonds is 3. The minimum absolute atomic E-state index is 1.03. The van der Waals surface area contributed by atoms with Gasteiger partial charge in [-0.2, -0.15) is 0 Å². The predicted octanol–water partition coefficient (Wildman–Crippen LogP) is 7.76. The van der Waals surface area contributed by atoms with Crippen molar-refractivity contribution in [1.82, 2.24) is 0 Å². The van der Waals surface area contributed by atoms with Crippen molar-refractivity contribution in [3.05, 3.63) is 0 Å². The van der Waals surface area contributed by atoms with E-state index in [1.165, 1.54) is 39.1 Å². The maximum atomic E-state index is 1.77. The van der Waals surface area contributed by atoms with Gasteiger partial charge in [0.1, 0.15) is 0 Å². The molecule has 9 fully saturated rings. The summed E-state index contributed by atoms with van der Waals surface area (Å²) in [5, 5.41) is 0. The summed E-state index contributed by atoms with van der Waals surface area (Å²) in [7, 11) is 0. The van der Waals surface area contributed by atoms with E-state index in [1.807, 2.05) is 0 Å². The third-order valence-electron chi connectivity index (χ3n) is 11.0. The Kier molecular flexibility index (Phi) is 4.03. The molecule has 9 aliphatic rings. The molecule has 0 aromatic rings. The van der Waals surface area contributed by atoms with Gasteiger partial charge in [0, 0.05) is 0 Å². The van der Waals surface area contributed by atoms with Crippen LogP contribution >= 0.6 is 0 Å². The average molecular weight is 563 g/mol. The van der Waals surface area contributed by atoms with Crippen LogP contribution < -0.4 is 0 Å². The first kappa shape index (κ1) is 17.6. The second kappa shape index (κ2) is 6.20. The summed E-state index contributed by atoms with van der Waals surface area (Å²) < 4.78 is 3.39. The van der Waals surface area contributed by atoms with Crippen LogP contribution in [0.1, 0.15) is 109 Å². The molecule has 150 valence electrons. The topological polar surface area (TPSA) is 0 Å². The summed E-state index contributed by atoms with van der Waals surface area (Å²) in [6, 6.07) is 0. The van der Waals surface area contributed by atoms with Crippen molar-refractivity contribution in [2.45, 2.75) is 119 Å². The molecule has 0 heterocycles. The van der Waals surface area contributed by atoms with Gasteiger partial charge in [0.15, 0.2) is 0 Å². The molecule has 9 saturated carbocycles. The Balaban J connectivity index is 1.31. The number of hydrogen-bond acceptors (Lipinski definition) is 0. The van der Waals surface area contributed by atoms with Gasteiger partial charge in [-0.25, -0.2) is 0 Å². The Morgan fingerprint density at radius 3 is 1.11 bits per heavy atom. The molecule has 0 amide bonds. The fourth-order valence-electron chi connectivity index (χ4n) is 11.3. The van der Waals surface area contributed by atoms with E-state index in [2.05, 4.69) is 0 Å². The van der Waals surface area contributed by atoms with Gasteiger partial charge in [-0.3, -0.25) is 0 Å². The molecule has 0 aromatic heterocycles. The van der Waals surface area contributed by atoms with Crippen molar-refractivity contribution in [2.75, 3.05) is 0 Å².